The maximum absolute atomic E-state index is 11.8. The average Bonchev–Trinajstić information content (AvgIpc) is 2.54. The molecule has 1 aromatic heterocycles. The van der Waals surface area contributed by atoms with Gasteiger partial charge in [0.25, 0.3) is 11.8 Å². The third-order valence-electron chi connectivity index (χ3n) is 2.49. The summed E-state index contributed by atoms with van der Waals surface area (Å²) in [6, 6.07) is 3.11. The predicted molar refractivity (Wildman–Crippen MR) is 53.8 cm³/mol. The number of carboxylic acid groups (broad SMARTS) is 1. The minimum Gasteiger partial charge on any atom is -0.550 e. The summed E-state index contributed by atoms with van der Waals surface area (Å²) in [7, 11) is 0. The summed E-state index contributed by atoms with van der Waals surface area (Å²) in [4.78, 5) is 38.6. The number of hydrogen-bond acceptors (Lipinski definition) is 5. The molecule has 6 nitrogen and oxygen atoms in total. The first-order valence-corrected chi connectivity index (χ1v) is 5.12. The molecule has 0 saturated heterocycles. The molecule has 2 heterocycles. The van der Waals surface area contributed by atoms with Crippen LogP contribution >= 0.6 is 0 Å². The maximum atomic E-state index is 11.8. The van der Waals surface area contributed by atoms with E-state index in [2.05, 4.69) is 4.98 Å². The summed E-state index contributed by atoms with van der Waals surface area (Å²) in [5.41, 5.74) is 0.400. The van der Waals surface area contributed by atoms with Gasteiger partial charge in [-0.25, -0.2) is 0 Å². The van der Waals surface area contributed by atoms with Crippen LogP contribution in [0.3, 0.4) is 0 Å². The van der Waals surface area contributed by atoms with Crippen molar-refractivity contribution in [1.82, 2.24) is 9.88 Å². The van der Waals surface area contributed by atoms with Gasteiger partial charge in [0.2, 0.25) is 0 Å². The van der Waals surface area contributed by atoms with Gasteiger partial charge in [0.05, 0.1) is 5.56 Å². The Hall–Kier alpha value is -0.604. The zero-order chi connectivity index (χ0) is 12.4. The summed E-state index contributed by atoms with van der Waals surface area (Å²) in [5, 5.41) is 10.2. The van der Waals surface area contributed by atoms with Crippen LogP contribution in [0.15, 0.2) is 18.3 Å². The van der Waals surface area contributed by atoms with E-state index in [1.54, 1.807) is 6.07 Å². The van der Waals surface area contributed by atoms with Crippen LogP contribution in [0.4, 0.5) is 0 Å². The standard InChI is InChI=1S/C11H10N2O4.K/c14-8(15)4-2-6-13-10(16)7-3-1-5-12-9(7)11(13)17;/h1,3,5H,2,4,6H2,(H,14,15);/q;+1/p-1. The minimum absolute atomic E-state index is 0. The van der Waals surface area contributed by atoms with E-state index in [9.17, 15) is 19.5 Å². The number of pyridine rings is 1. The molecule has 7 heteroatoms. The topological polar surface area (TPSA) is 90.4 Å². The molecule has 0 radical (unpaired) electrons. The van der Waals surface area contributed by atoms with Crippen LogP contribution in [0.1, 0.15) is 33.7 Å². The van der Waals surface area contributed by atoms with Crippen molar-refractivity contribution in [2.45, 2.75) is 12.8 Å². The third kappa shape index (κ3) is 3.04. The Morgan fingerprint density at radius 1 is 1.33 bits per heavy atom. The number of imide groups is 1. The SMILES string of the molecule is O=C([O-])CCCN1C(=O)c2cccnc2C1=O.[K+]. The van der Waals surface area contributed by atoms with Gasteiger partial charge in [-0.3, -0.25) is 19.5 Å². The zero-order valence-electron chi connectivity index (χ0n) is 9.88. The monoisotopic (exact) mass is 272 g/mol. The van der Waals surface area contributed by atoms with Crippen LogP contribution in [0.5, 0.6) is 0 Å². The molecule has 0 spiro atoms. The molecular formula is C11H9KN2O4. The fourth-order valence-corrected chi connectivity index (χ4v) is 1.70. The van der Waals surface area contributed by atoms with E-state index in [-0.39, 0.29) is 82.0 Å². The van der Waals surface area contributed by atoms with E-state index < -0.39 is 17.8 Å². The number of carbonyl (C=O) groups excluding carboxylic acids is 3. The molecule has 0 aliphatic carbocycles. The van der Waals surface area contributed by atoms with Gasteiger partial charge in [-0.05, 0) is 25.0 Å². The van der Waals surface area contributed by atoms with Crippen molar-refractivity contribution in [2.24, 2.45) is 0 Å². The third-order valence-corrected chi connectivity index (χ3v) is 2.49. The molecule has 0 N–H and O–H groups in total. The molecule has 1 aliphatic heterocycles. The van der Waals surface area contributed by atoms with E-state index in [4.69, 9.17) is 0 Å². The van der Waals surface area contributed by atoms with Crippen LogP contribution in [0.2, 0.25) is 0 Å². The largest absolute Gasteiger partial charge is 1.00 e. The van der Waals surface area contributed by atoms with Crippen LogP contribution in [-0.2, 0) is 4.79 Å². The molecule has 0 atom stereocenters. The van der Waals surface area contributed by atoms with Crippen LogP contribution < -0.4 is 56.5 Å². The quantitative estimate of drug-likeness (QED) is 0.414. The average molecular weight is 272 g/mol. The van der Waals surface area contributed by atoms with Crippen LogP contribution in [0.25, 0.3) is 0 Å². The Labute approximate surface area is 146 Å². The zero-order valence-corrected chi connectivity index (χ0v) is 13.0. The van der Waals surface area contributed by atoms with Crippen molar-refractivity contribution in [3.05, 3.63) is 29.6 Å². The molecule has 0 fully saturated rings. The van der Waals surface area contributed by atoms with Crippen molar-refractivity contribution < 1.29 is 70.9 Å². The number of aromatic nitrogens is 1. The molecule has 2 amide bonds. The van der Waals surface area contributed by atoms with Crippen molar-refractivity contribution in [3.63, 3.8) is 0 Å². The first-order chi connectivity index (χ1) is 8.11. The molecule has 1 aliphatic rings. The Balaban J connectivity index is 0.00000162. The van der Waals surface area contributed by atoms with Crippen molar-refractivity contribution in [2.75, 3.05) is 6.54 Å². The fourth-order valence-electron chi connectivity index (χ4n) is 1.70. The summed E-state index contributed by atoms with van der Waals surface area (Å²) >= 11 is 0. The van der Waals surface area contributed by atoms with Gasteiger partial charge in [-0.2, -0.15) is 0 Å². The molecule has 0 unspecified atom stereocenters. The van der Waals surface area contributed by atoms with Crippen molar-refractivity contribution in [3.8, 4) is 0 Å². The van der Waals surface area contributed by atoms with Gasteiger partial charge in [-0.15, -0.1) is 0 Å². The number of rotatable bonds is 4. The Kier molecular flexibility index (Phi) is 5.61. The van der Waals surface area contributed by atoms with Gasteiger partial charge in [0.1, 0.15) is 5.69 Å². The summed E-state index contributed by atoms with van der Waals surface area (Å²) in [5.74, 6) is -2.08. The molecule has 88 valence electrons. The van der Waals surface area contributed by atoms with Gasteiger partial charge >= 0.3 is 51.4 Å². The molecular weight excluding hydrogens is 263 g/mol. The predicted octanol–water partition coefficient (Wildman–Crippen LogP) is -3.79. The Bertz CT molecular complexity index is 469. The molecule has 1 aromatic rings. The molecule has 2 rings (SSSR count). The van der Waals surface area contributed by atoms with E-state index in [0.717, 1.165) is 4.90 Å². The number of hydrogen-bond donors (Lipinski definition) is 0. The maximum Gasteiger partial charge on any atom is 1.00 e. The normalized spacial score (nSPS) is 13.2. The Morgan fingerprint density at radius 2 is 2.06 bits per heavy atom. The minimum atomic E-state index is -1.19. The van der Waals surface area contributed by atoms with Gasteiger partial charge in [0, 0.05) is 18.7 Å². The van der Waals surface area contributed by atoms with E-state index in [1.807, 2.05) is 0 Å². The van der Waals surface area contributed by atoms with Gasteiger partial charge in [-0.1, -0.05) is 0 Å². The molecule has 0 saturated carbocycles. The first-order valence-electron chi connectivity index (χ1n) is 5.12. The Morgan fingerprint density at radius 3 is 2.67 bits per heavy atom. The number of carboxylic acids is 1. The summed E-state index contributed by atoms with van der Waals surface area (Å²) in [6.45, 7) is 0.0714. The smallest absolute Gasteiger partial charge is 0.550 e. The number of aliphatic carboxylic acids is 1. The van der Waals surface area contributed by atoms with Gasteiger partial charge in [0.15, 0.2) is 0 Å². The number of nitrogens with zero attached hydrogens (tertiary/aromatic N) is 2. The van der Waals surface area contributed by atoms with Crippen LogP contribution in [0, 0.1) is 0 Å². The number of amides is 2. The van der Waals surface area contributed by atoms with E-state index >= 15 is 0 Å². The summed E-state index contributed by atoms with van der Waals surface area (Å²) < 4.78 is 0. The van der Waals surface area contributed by atoms with Gasteiger partial charge < -0.3 is 9.90 Å². The molecule has 18 heavy (non-hydrogen) atoms. The molecule has 0 bridgehead atoms. The fraction of sp³-hybridized carbons (Fsp3) is 0.273. The number of fused-ring (bicyclic) bond motifs is 1. The second kappa shape index (κ2) is 6.53. The molecule has 0 aromatic carbocycles. The van der Waals surface area contributed by atoms with Crippen molar-refractivity contribution in [1.29, 1.82) is 0 Å². The second-order valence-corrected chi connectivity index (χ2v) is 3.64. The van der Waals surface area contributed by atoms with E-state index in [1.165, 1.54) is 12.3 Å². The van der Waals surface area contributed by atoms with Crippen molar-refractivity contribution >= 4 is 17.8 Å². The van der Waals surface area contributed by atoms with Crippen LogP contribution in [-0.4, -0.2) is 34.2 Å². The first kappa shape index (κ1) is 15.5. The number of carbonyl (C=O) groups is 3. The second-order valence-electron chi connectivity index (χ2n) is 3.64. The van der Waals surface area contributed by atoms with E-state index in [0.29, 0.717) is 0 Å². The summed E-state index contributed by atoms with van der Waals surface area (Å²) in [6.07, 6.45) is 1.45.